The van der Waals surface area contributed by atoms with Crippen molar-refractivity contribution >= 4 is 0 Å². The Balaban J connectivity index is 2.34. The lowest BCUT2D eigenvalue weighted by atomic mass is 9.89. The zero-order chi connectivity index (χ0) is 12.3. The Morgan fingerprint density at radius 1 is 1.41 bits per heavy atom. The van der Waals surface area contributed by atoms with E-state index in [0.29, 0.717) is 6.54 Å². The van der Waals surface area contributed by atoms with Crippen LogP contribution in [0.15, 0.2) is 24.3 Å². The van der Waals surface area contributed by atoms with Gasteiger partial charge in [-0.25, -0.2) is 0 Å². The lowest BCUT2D eigenvalue weighted by Gasteiger charge is -2.39. The average Bonchev–Trinajstić information content (AvgIpc) is 2.38. The van der Waals surface area contributed by atoms with Crippen LogP contribution >= 0.6 is 0 Å². The van der Waals surface area contributed by atoms with Crippen LogP contribution in [0.25, 0.3) is 0 Å². The van der Waals surface area contributed by atoms with Crippen molar-refractivity contribution in [2.75, 3.05) is 13.1 Å². The van der Waals surface area contributed by atoms with Gasteiger partial charge in [-0.05, 0) is 37.1 Å². The van der Waals surface area contributed by atoms with Gasteiger partial charge in [0.25, 0.3) is 0 Å². The van der Waals surface area contributed by atoms with E-state index in [2.05, 4.69) is 24.0 Å². The number of piperidine rings is 1. The first-order chi connectivity index (χ1) is 8.27. The number of benzene rings is 1. The molecule has 3 N–H and O–H groups in total. The molecule has 1 saturated heterocycles. The molecule has 0 spiro atoms. The monoisotopic (exact) mass is 234 g/mol. The van der Waals surface area contributed by atoms with E-state index in [1.807, 2.05) is 12.1 Å². The van der Waals surface area contributed by atoms with E-state index in [-0.39, 0.29) is 12.1 Å². The molecule has 2 atom stereocenters. The largest absolute Gasteiger partial charge is 0.391 e. The standard InChI is InChI=1S/C14H22N2O/c1-2-16-9-5-8-13(17)14(16)12-7-4-3-6-11(12)10-15/h3-4,6-7,13-14,17H,2,5,8-10,15H2,1H3. The summed E-state index contributed by atoms with van der Waals surface area (Å²) in [6, 6.07) is 8.32. The van der Waals surface area contributed by atoms with E-state index in [4.69, 9.17) is 5.73 Å². The molecule has 2 rings (SSSR count). The number of likely N-dealkylation sites (N-methyl/N-ethyl adjacent to an activating group) is 1. The quantitative estimate of drug-likeness (QED) is 0.836. The number of rotatable bonds is 3. The summed E-state index contributed by atoms with van der Waals surface area (Å²) in [5.41, 5.74) is 8.14. The van der Waals surface area contributed by atoms with E-state index in [0.717, 1.165) is 31.5 Å². The second-order valence-corrected chi connectivity index (χ2v) is 4.69. The van der Waals surface area contributed by atoms with Crippen LogP contribution in [-0.2, 0) is 6.54 Å². The molecule has 0 aliphatic carbocycles. The van der Waals surface area contributed by atoms with Crippen molar-refractivity contribution in [1.29, 1.82) is 0 Å². The average molecular weight is 234 g/mol. The van der Waals surface area contributed by atoms with E-state index >= 15 is 0 Å². The number of hydrogen-bond acceptors (Lipinski definition) is 3. The van der Waals surface area contributed by atoms with Gasteiger partial charge < -0.3 is 10.8 Å². The number of likely N-dealkylation sites (tertiary alicyclic amines) is 1. The summed E-state index contributed by atoms with van der Waals surface area (Å²) in [4.78, 5) is 2.35. The number of aliphatic hydroxyl groups is 1. The Hall–Kier alpha value is -0.900. The van der Waals surface area contributed by atoms with Gasteiger partial charge in [-0.15, -0.1) is 0 Å². The highest BCUT2D eigenvalue weighted by molar-refractivity contribution is 5.31. The second-order valence-electron chi connectivity index (χ2n) is 4.69. The highest BCUT2D eigenvalue weighted by Crippen LogP contribution is 2.32. The van der Waals surface area contributed by atoms with Crippen molar-refractivity contribution in [2.45, 2.75) is 38.5 Å². The first-order valence-electron chi connectivity index (χ1n) is 6.48. The molecule has 17 heavy (non-hydrogen) atoms. The SMILES string of the molecule is CCN1CCCC(O)C1c1ccccc1CN. The Bertz CT molecular complexity index is 367. The number of hydrogen-bond donors (Lipinski definition) is 2. The summed E-state index contributed by atoms with van der Waals surface area (Å²) in [6.45, 7) is 4.73. The lowest BCUT2D eigenvalue weighted by Crippen LogP contribution is -2.42. The van der Waals surface area contributed by atoms with Crippen LogP contribution in [0.3, 0.4) is 0 Å². The molecule has 94 valence electrons. The fraction of sp³-hybridized carbons (Fsp3) is 0.571. The van der Waals surface area contributed by atoms with Gasteiger partial charge in [0.1, 0.15) is 0 Å². The summed E-state index contributed by atoms with van der Waals surface area (Å²) in [6.07, 6.45) is 1.70. The Labute approximate surface area is 103 Å². The third-order valence-corrected chi connectivity index (χ3v) is 3.70. The van der Waals surface area contributed by atoms with Crippen molar-refractivity contribution in [1.82, 2.24) is 4.90 Å². The maximum absolute atomic E-state index is 10.3. The van der Waals surface area contributed by atoms with Crippen LogP contribution in [-0.4, -0.2) is 29.2 Å². The third-order valence-electron chi connectivity index (χ3n) is 3.70. The molecule has 3 heteroatoms. The molecule has 1 heterocycles. The number of nitrogens with zero attached hydrogens (tertiary/aromatic N) is 1. The Morgan fingerprint density at radius 3 is 2.88 bits per heavy atom. The minimum atomic E-state index is -0.267. The molecule has 1 aliphatic rings. The molecule has 0 bridgehead atoms. The summed E-state index contributed by atoms with van der Waals surface area (Å²) in [5, 5.41) is 10.3. The predicted molar refractivity (Wildman–Crippen MR) is 69.6 cm³/mol. The Morgan fingerprint density at radius 2 is 2.18 bits per heavy atom. The molecule has 1 fully saturated rings. The molecule has 1 aliphatic heterocycles. The minimum Gasteiger partial charge on any atom is -0.391 e. The van der Waals surface area contributed by atoms with Gasteiger partial charge >= 0.3 is 0 Å². The van der Waals surface area contributed by atoms with Gasteiger partial charge in [-0.1, -0.05) is 31.2 Å². The Kier molecular flexibility index (Phi) is 4.15. The van der Waals surface area contributed by atoms with E-state index < -0.39 is 0 Å². The molecule has 0 aromatic heterocycles. The van der Waals surface area contributed by atoms with Gasteiger partial charge in [0.05, 0.1) is 12.1 Å². The number of aliphatic hydroxyl groups excluding tert-OH is 1. The van der Waals surface area contributed by atoms with Crippen LogP contribution in [0.2, 0.25) is 0 Å². The molecule has 0 saturated carbocycles. The van der Waals surface area contributed by atoms with E-state index in [9.17, 15) is 5.11 Å². The van der Waals surface area contributed by atoms with Crippen molar-refractivity contribution in [2.24, 2.45) is 5.73 Å². The zero-order valence-electron chi connectivity index (χ0n) is 10.5. The van der Waals surface area contributed by atoms with E-state index in [1.165, 1.54) is 5.56 Å². The summed E-state index contributed by atoms with van der Waals surface area (Å²) in [5.74, 6) is 0. The van der Waals surface area contributed by atoms with Crippen molar-refractivity contribution < 1.29 is 5.11 Å². The molecule has 1 aromatic rings. The molecule has 0 amide bonds. The summed E-state index contributed by atoms with van der Waals surface area (Å²) >= 11 is 0. The van der Waals surface area contributed by atoms with Crippen LogP contribution in [0.5, 0.6) is 0 Å². The van der Waals surface area contributed by atoms with Gasteiger partial charge in [0.15, 0.2) is 0 Å². The molecule has 2 unspecified atom stereocenters. The normalized spacial score (nSPS) is 26.1. The fourth-order valence-electron chi connectivity index (χ4n) is 2.81. The van der Waals surface area contributed by atoms with Crippen LogP contribution in [0.1, 0.15) is 36.9 Å². The first kappa shape index (κ1) is 12.6. The van der Waals surface area contributed by atoms with E-state index in [1.54, 1.807) is 0 Å². The lowest BCUT2D eigenvalue weighted by molar-refractivity contribution is 0.0122. The van der Waals surface area contributed by atoms with Crippen LogP contribution in [0.4, 0.5) is 0 Å². The zero-order valence-corrected chi connectivity index (χ0v) is 10.5. The predicted octanol–water partition coefficient (Wildman–Crippen LogP) is 1.66. The van der Waals surface area contributed by atoms with Gasteiger partial charge in [0, 0.05) is 6.54 Å². The number of nitrogens with two attached hydrogens (primary N) is 1. The minimum absolute atomic E-state index is 0.119. The fourth-order valence-corrected chi connectivity index (χ4v) is 2.81. The maximum atomic E-state index is 10.3. The van der Waals surface area contributed by atoms with Crippen LogP contribution < -0.4 is 5.73 Å². The topological polar surface area (TPSA) is 49.5 Å². The third kappa shape index (κ3) is 2.51. The molecule has 0 radical (unpaired) electrons. The van der Waals surface area contributed by atoms with Crippen LogP contribution in [0, 0.1) is 0 Å². The molecule has 3 nitrogen and oxygen atoms in total. The summed E-state index contributed by atoms with van der Waals surface area (Å²) < 4.78 is 0. The van der Waals surface area contributed by atoms with Crippen molar-refractivity contribution in [3.63, 3.8) is 0 Å². The maximum Gasteiger partial charge on any atom is 0.0737 e. The highest BCUT2D eigenvalue weighted by atomic mass is 16.3. The second kappa shape index (κ2) is 5.63. The van der Waals surface area contributed by atoms with Gasteiger partial charge in [-0.3, -0.25) is 4.90 Å². The first-order valence-corrected chi connectivity index (χ1v) is 6.48. The molecular weight excluding hydrogens is 212 g/mol. The summed E-state index contributed by atoms with van der Waals surface area (Å²) in [7, 11) is 0. The highest BCUT2D eigenvalue weighted by Gasteiger charge is 2.31. The molecular formula is C14H22N2O. The van der Waals surface area contributed by atoms with Crippen molar-refractivity contribution in [3.8, 4) is 0 Å². The van der Waals surface area contributed by atoms with Gasteiger partial charge in [0.2, 0.25) is 0 Å². The molecule has 1 aromatic carbocycles. The van der Waals surface area contributed by atoms with Crippen molar-refractivity contribution in [3.05, 3.63) is 35.4 Å². The van der Waals surface area contributed by atoms with Gasteiger partial charge in [-0.2, -0.15) is 0 Å². The smallest absolute Gasteiger partial charge is 0.0737 e.